The Morgan fingerprint density at radius 2 is 2.12 bits per heavy atom. The summed E-state index contributed by atoms with van der Waals surface area (Å²) in [6, 6.07) is 5.66. The summed E-state index contributed by atoms with van der Waals surface area (Å²) in [7, 11) is 3.31. The van der Waals surface area contributed by atoms with Crippen LogP contribution in [-0.2, 0) is 11.2 Å². The van der Waals surface area contributed by atoms with Crippen LogP contribution in [0, 0.1) is 0 Å². The first-order chi connectivity index (χ1) is 7.67. The summed E-state index contributed by atoms with van der Waals surface area (Å²) in [6.45, 7) is 0.572. The van der Waals surface area contributed by atoms with Gasteiger partial charge in [0.15, 0.2) is 0 Å². The van der Waals surface area contributed by atoms with E-state index in [1.54, 1.807) is 14.2 Å². The minimum absolute atomic E-state index is 0.0497. The highest BCUT2D eigenvalue weighted by molar-refractivity contribution is 6.30. The lowest BCUT2D eigenvalue weighted by molar-refractivity contribution is 0.177. The maximum absolute atomic E-state index is 5.94. The Morgan fingerprint density at radius 3 is 2.75 bits per heavy atom. The van der Waals surface area contributed by atoms with Crippen LogP contribution in [0.15, 0.2) is 18.2 Å². The zero-order chi connectivity index (χ0) is 12.0. The molecular weight excluding hydrogens is 226 g/mol. The van der Waals surface area contributed by atoms with Gasteiger partial charge in [-0.15, -0.1) is 0 Å². The summed E-state index contributed by atoms with van der Waals surface area (Å²) >= 11 is 5.94. The van der Waals surface area contributed by atoms with Gasteiger partial charge in [0.05, 0.1) is 13.7 Å². The van der Waals surface area contributed by atoms with Crippen molar-refractivity contribution in [2.45, 2.75) is 18.9 Å². The van der Waals surface area contributed by atoms with Gasteiger partial charge in [0.1, 0.15) is 5.75 Å². The van der Waals surface area contributed by atoms with Gasteiger partial charge in [-0.2, -0.15) is 0 Å². The Labute approximate surface area is 101 Å². The van der Waals surface area contributed by atoms with Crippen molar-refractivity contribution in [1.29, 1.82) is 0 Å². The maximum Gasteiger partial charge on any atom is 0.122 e. The molecule has 0 heterocycles. The number of methoxy groups -OCH3 is 2. The van der Waals surface area contributed by atoms with E-state index in [1.807, 2.05) is 18.2 Å². The molecule has 1 aromatic rings. The SMILES string of the molecule is COCC(N)CCc1cc(Cl)ccc1OC. The molecule has 1 aromatic carbocycles. The molecule has 0 radical (unpaired) electrons. The molecule has 0 fully saturated rings. The van der Waals surface area contributed by atoms with E-state index < -0.39 is 0 Å². The van der Waals surface area contributed by atoms with Gasteiger partial charge in [-0.1, -0.05) is 11.6 Å². The normalized spacial score (nSPS) is 12.5. The molecule has 0 spiro atoms. The Balaban J connectivity index is 2.61. The topological polar surface area (TPSA) is 44.5 Å². The Hall–Kier alpha value is -0.770. The van der Waals surface area contributed by atoms with Crippen LogP contribution in [0.25, 0.3) is 0 Å². The van der Waals surface area contributed by atoms with Crippen molar-refractivity contribution >= 4 is 11.6 Å². The second kappa shape index (κ2) is 6.74. The van der Waals surface area contributed by atoms with E-state index in [9.17, 15) is 0 Å². The lowest BCUT2D eigenvalue weighted by atomic mass is 10.1. The van der Waals surface area contributed by atoms with E-state index in [1.165, 1.54) is 0 Å². The van der Waals surface area contributed by atoms with Gasteiger partial charge in [-0.3, -0.25) is 0 Å². The highest BCUT2D eigenvalue weighted by Gasteiger charge is 2.07. The molecule has 0 amide bonds. The highest BCUT2D eigenvalue weighted by Crippen LogP contribution is 2.24. The van der Waals surface area contributed by atoms with Crippen LogP contribution in [0.1, 0.15) is 12.0 Å². The van der Waals surface area contributed by atoms with Crippen LogP contribution in [0.2, 0.25) is 5.02 Å². The maximum atomic E-state index is 5.94. The molecule has 3 nitrogen and oxygen atoms in total. The van der Waals surface area contributed by atoms with E-state index in [4.69, 9.17) is 26.8 Å². The number of benzene rings is 1. The number of halogens is 1. The van der Waals surface area contributed by atoms with Gasteiger partial charge < -0.3 is 15.2 Å². The predicted octanol–water partition coefficient (Wildman–Crippen LogP) is 2.25. The van der Waals surface area contributed by atoms with Crippen molar-refractivity contribution < 1.29 is 9.47 Å². The first-order valence-electron chi connectivity index (χ1n) is 5.24. The summed E-state index contributed by atoms with van der Waals surface area (Å²) in [6.07, 6.45) is 1.69. The third-order valence-electron chi connectivity index (χ3n) is 2.41. The summed E-state index contributed by atoms with van der Waals surface area (Å²) in [5.74, 6) is 0.856. The molecule has 2 N–H and O–H groups in total. The molecule has 0 aliphatic heterocycles. The molecule has 0 aliphatic carbocycles. The molecule has 0 saturated carbocycles. The Bertz CT molecular complexity index is 331. The quantitative estimate of drug-likeness (QED) is 0.834. The minimum Gasteiger partial charge on any atom is -0.496 e. The average molecular weight is 244 g/mol. The molecule has 1 rings (SSSR count). The molecule has 0 aliphatic rings. The first-order valence-corrected chi connectivity index (χ1v) is 5.62. The van der Waals surface area contributed by atoms with Gasteiger partial charge >= 0.3 is 0 Å². The smallest absolute Gasteiger partial charge is 0.122 e. The van der Waals surface area contributed by atoms with E-state index in [-0.39, 0.29) is 6.04 Å². The van der Waals surface area contributed by atoms with Crippen LogP contribution in [0.4, 0.5) is 0 Å². The van der Waals surface area contributed by atoms with Crippen LogP contribution in [-0.4, -0.2) is 26.9 Å². The standard InChI is InChI=1S/C12H18ClNO2/c1-15-8-11(14)5-3-9-7-10(13)4-6-12(9)16-2/h4,6-7,11H,3,5,8,14H2,1-2H3. The first kappa shape index (κ1) is 13.3. The van der Waals surface area contributed by atoms with Crippen LogP contribution in [0.3, 0.4) is 0 Å². The number of hydrogen-bond donors (Lipinski definition) is 1. The van der Waals surface area contributed by atoms with Crippen LogP contribution in [0.5, 0.6) is 5.75 Å². The van der Waals surface area contributed by atoms with Gasteiger partial charge in [-0.05, 0) is 36.6 Å². The van der Waals surface area contributed by atoms with Crippen molar-refractivity contribution in [1.82, 2.24) is 0 Å². The predicted molar refractivity (Wildman–Crippen MR) is 66.2 cm³/mol. The van der Waals surface area contributed by atoms with Gasteiger partial charge in [-0.25, -0.2) is 0 Å². The van der Waals surface area contributed by atoms with Crippen molar-refractivity contribution in [3.05, 3.63) is 28.8 Å². The second-order valence-corrected chi connectivity index (χ2v) is 4.15. The number of hydrogen-bond acceptors (Lipinski definition) is 3. The zero-order valence-corrected chi connectivity index (χ0v) is 10.5. The van der Waals surface area contributed by atoms with E-state index in [0.717, 1.165) is 29.2 Å². The lowest BCUT2D eigenvalue weighted by Gasteiger charge is -2.12. The zero-order valence-electron chi connectivity index (χ0n) is 9.70. The van der Waals surface area contributed by atoms with Crippen molar-refractivity contribution in [2.75, 3.05) is 20.8 Å². The van der Waals surface area contributed by atoms with Crippen molar-refractivity contribution in [3.63, 3.8) is 0 Å². The Morgan fingerprint density at radius 1 is 1.38 bits per heavy atom. The highest BCUT2D eigenvalue weighted by atomic mass is 35.5. The molecule has 1 unspecified atom stereocenters. The van der Waals surface area contributed by atoms with Gasteiger partial charge in [0.2, 0.25) is 0 Å². The molecular formula is C12H18ClNO2. The van der Waals surface area contributed by atoms with Crippen molar-refractivity contribution in [2.24, 2.45) is 5.73 Å². The largest absolute Gasteiger partial charge is 0.496 e. The lowest BCUT2D eigenvalue weighted by Crippen LogP contribution is -2.26. The molecule has 4 heteroatoms. The monoisotopic (exact) mass is 243 g/mol. The third kappa shape index (κ3) is 4.00. The fourth-order valence-corrected chi connectivity index (χ4v) is 1.78. The van der Waals surface area contributed by atoms with Crippen molar-refractivity contribution in [3.8, 4) is 5.75 Å². The van der Waals surface area contributed by atoms with Gasteiger partial charge in [0, 0.05) is 18.2 Å². The molecule has 16 heavy (non-hydrogen) atoms. The molecule has 0 saturated heterocycles. The minimum atomic E-state index is 0.0497. The average Bonchev–Trinajstić information content (AvgIpc) is 2.27. The fraction of sp³-hybridized carbons (Fsp3) is 0.500. The van der Waals surface area contributed by atoms with E-state index in [2.05, 4.69) is 0 Å². The van der Waals surface area contributed by atoms with E-state index >= 15 is 0 Å². The van der Waals surface area contributed by atoms with Crippen LogP contribution < -0.4 is 10.5 Å². The third-order valence-corrected chi connectivity index (χ3v) is 2.64. The number of rotatable bonds is 6. The molecule has 0 bridgehead atoms. The van der Waals surface area contributed by atoms with Gasteiger partial charge in [0.25, 0.3) is 0 Å². The second-order valence-electron chi connectivity index (χ2n) is 3.71. The summed E-state index contributed by atoms with van der Waals surface area (Å²) in [5, 5.41) is 0.719. The number of ether oxygens (including phenoxy) is 2. The summed E-state index contributed by atoms with van der Waals surface area (Å²) in [4.78, 5) is 0. The van der Waals surface area contributed by atoms with E-state index in [0.29, 0.717) is 6.61 Å². The summed E-state index contributed by atoms with van der Waals surface area (Å²) in [5.41, 5.74) is 6.95. The molecule has 0 aromatic heterocycles. The number of aryl methyl sites for hydroxylation is 1. The molecule has 90 valence electrons. The molecule has 1 atom stereocenters. The van der Waals surface area contributed by atoms with Crippen LogP contribution >= 0.6 is 11.6 Å². The summed E-state index contributed by atoms with van der Waals surface area (Å²) < 4.78 is 10.3. The Kier molecular flexibility index (Phi) is 5.60. The fourth-order valence-electron chi connectivity index (χ4n) is 1.58. The number of nitrogens with two attached hydrogens (primary N) is 1.